The summed E-state index contributed by atoms with van der Waals surface area (Å²) in [5.74, 6) is 0.519. The van der Waals surface area contributed by atoms with Crippen LogP contribution in [0.1, 0.15) is 40.5 Å². The van der Waals surface area contributed by atoms with E-state index in [1.54, 1.807) is 0 Å². The fourth-order valence-electron chi connectivity index (χ4n) is 1.53. The van der Waals surface area contributed by atoms with Gasteiger partial charge in [0.05, 0.1) is 12.6 Å². The average molecular weight is 244 g/mol. The van der Waals surface area contributed by atoms with Gasteiger partial charge in [-0.3, -0.25) is 4.79 Å². The molecule has 0 spiro atoms. The summed E-state index contributed by atoms with van der Waals surface area (Å²) in [6.45, 7) is 10.0. The maximum Gasteiger partial charge on any atom is 0.223 e. The molecule has 0 aliphatic rings. The first-order valence-electron chi connectivity index (χ1n) is 6.61. The van der Waals surface area contributed by atoms with Gasteiger partial charge < -0.3 is 15.8 Å². The third kappa shape index (κ3) is 7.34. The smallest absolute Gasteiger partial charge is 0.223 e. The van der Waals surface area contributed by atoms with Crippen LogP contribution in [0.2, 0.25) is 0 Å². The van der Waals surface area contributed by atoms with Gasteiger partial charge in [-0.25, -0.2) is 0 Å². The summed E-state index contributed by atoms with van der Waals surface area (Å²) in [5.41, 5.74) is 5.44. The lowest BCUT2D eigenvalue weighted by Crippen LogP contribution is -2.44. The summed E-state index contributed by atoms with van der Waals surface area (Å²) in [6, 6.07) is 0.0998. The Balaban J connectivity index is 4.10. The topological polar surface area (TPSA) is 64.3 Å². The molecule has 17 heavy (non-hydrogen) atoms. The van der Waals surface area contributed by atoms with Crippen molar-refractivity contribution in [3.8, 4) is 0 Å². The third-order valence-corrected chi connectivity index (χ3v) is 2.92. The van der Waals surface area contributed by atoms with Crippen LogP contribution in [-0.2, 0) is 9.53 Å². The van der Waals surface area contributed by atoms with Crippen molar-refractivity contribution in [2.45, 2.75) is 46.6 Å². The maximum atomic E-state index is 11.9. The van der Waals surface area contributed by atoms with E-state index < -0.39 is 0 Å². The Morgan fingerprint density at radius 2 is 2.00 bits per heavy atom. The third-order valence-electron chi connectivity index (χ3n) is 2.92. The molecule has 0 aromatic carbocycles. The second-order valence-corrected chi connectivity index (χ2v) is 4.85. The SMILES string of the molecule is CCOCC(NC(=O)C(C)CCCN)C(C)C. The molecule has 4 nitrogen and oxygen atoms in total. The van der Waals surface area contributed by atoms with Crippen LogP contribution >= 0.6 is 0 Å². The Morgan fingerprint density at radius 3 is 2.47 bits per heavy atom. The predicted octanol–water partition coefficient (Wildman–Crippen LogP) is 1.54. The Labute approximate surface area is 105 Å². The van der Waals surface area contributed by atoms with Crippen molar-refractivity contribution in [1.29, 1.82) is 0 Å². The molecule has 0 heterocycles. The van der Waals surface area contributed by atoms with Crippen LogP contribution < -0.4 is 11.1 Å². The highest BCUT2D eigenvalue weighted by Crippen LogP contribution is 2.08. The molecule has 0 radical (unpaired) electrons. The number of nitrogens with one attached hydrogen (secondary N) is 1. The first-order valence-corrected chi connectivity index (χ1v) is 6.61. The van der Waals surface area contributed by atoms with Crippen LogP contribution in [0.3, 0.4) is 0 Å². The van der Waals surface area contributed by atoms with Gasteiger partial charge in [-0.15, -0.1) is 0 Å². The number of amides is 1. The quantitative estimate of drug-likeness (QED) is 0.646. The Bertz CT molecular complexity index is 208. The summed E-state index contributed by atoms with van der Waals surface area (Å²) < 4.78 is 5.38. The van der Waals surface area contributed by atoms with Crippen molar-refractivity contribution >= 4 is 5.91 Å². The van der Waals surface area contributed by atoms with Crippen molar-refractivity contribution in [3.05, 3.63) is 0 Å². The van der Waals surface area contributed by atoms with Crippen LogP contribution in [-0.4, -0.2) is 31.7 Å². The molecule has 3 N–H and O–H groups in total. The van der Waals surface area contributed by atoms with E-state index in [0.717, 1.165) is 12.8 Å². The Hall–Kier alpha value is -0.610. The molecular formula is C13H28N2O2. The van der Waals surface area contributed by atoms with Crippen LogP contribution in [0.25, 0.3) is 0 Å². The molecule has 2 atom stereocenters. The zero-order valence-corrected chi connectivity index (χ0v) is 11.7. The van der Waals surface area contributed by atoms with E-state index in [2.05, 4.69) is 19.2 Å². The highest BCUT2D eigenvalue weighted by Gasteiger charge is 2.19. The molecule has 1 amide bonds. The van der Waals surface area contributed by atoms with E-state index in [0.29, 0.717) is 25.7 Å². The van der Waals surface area contributed by atoms with Gasteiger partial charge in [0.25, 0.3) is 0 Å². The molecular weight excluding hydrogens is 216 g/mol. The summed E-state index contributed by atoms with van der Waals surface area (Å²) in [5, 5.41) is 3.06. The van der Waals surface area contributed by atoms with Gasteiger partial charge in [0.15, 0.2) is 0 Å². The van der Waals surface area contributed by atoms with Crippen LogP contribution in [0.5, 0.6) is 0 Å². The molecule has 0 aliphatic carbocycles. The minimum absolute atomic E-state index is 0.0291. The van der Waals surface area contributed by atoms with Gasteiger partial charge in [0.2, 0.25) is 5.91 Å². The largest absolute Gasteiger partial charge is 0.380 e. The zero-order valence-electron chi connectivity index (χ0n) is 11.7. The zero-order chi connectivity index (χ0) is 13.3. The fraction of sp³-hybridized carbons (Fsp3) is 0.923. The molecule has 0 aromatic rings. The van der Waals surface area contributed by atoms with Crippen molar-refractivity contribution in [2.75, 3.05) is 19.8 Å². The number of rotatable bonds is 9. The molecule has 0 saturated heterocycles. The van der Waals surface area contributed by atoms with Crippen LogP contribution in [0, 0.1) is 11.8 Å². The van der Waals surface area contributed by atoms with Gasteiger partial charge in [-0.2, -0.15) is 0 Å². The van der Waals surface area contributed by atoms with E-state index in [-0.39, 0.29) is 17.9 Å². The number of hydrogen-bond acceptors (Lipinski definition) is 3. The van der Waals surface area contributed by atoms with Gasteiger partial charge in [0.1, 0.15) is 0 Å². The second kappa shape index (κ2) is 9.42. The number of nitrogens with two attached hydrogens (primary N) is 1. The normalized spacial score (nSPS) is 14.7. The summed E-state index contributed by atoms with van der Waals surface area (Å²) in [6.07, 6.45) is 1.74. The lowest BCUT2D eigenvalue weighted by Gasteiger charge is -2.24. The number of ether oxygens (including phenoxy) is 1. The number of carbonyl (C=O) groups excluding carboxylic acids is 1. The average Bonchev–Trinajstić information content (AvgIpc) is 2.30. The standard InChI is InChI=1S/C13H28N2O2/c1-5-17-9-12(10(2)3)15-13(16)11(4)7-6-8-14/h10-12H,5-9,14H2,1-4H3,(H,15,16). The Morgan fingerprint density at radius 1 is 1.35 bits per heavy atom. The van der Waals surface area contributed by atoms with Crippen LogP contribution in [0.4, 0.5) is 0 Å². The van der Waals surface area contributed by atoms with Crippen LogP contribution in [0.15, 0.2) is 0 Å². The maximum absolute atomic E-state index is 11.9. The summed E-state index contributed by atoms with van der Waals surface area (Å²) in [7, 11) is 0. The van der Waals surface area contributed by atoms with Crippen molar-refractivity contribution in [1.82, 2.24) is 5.32 Å². The van der Waals surface area contributed by atoms with Gasteiger partial charge in [-0.1, -0.05) is 20.8 Å². The number of hydrogen-bond donors (Lipinski definition) is 2. The monoisotopic (exact) mass is 244 g/mol. The highest BCUT2D eigenvalue weighted by atomic mass is 16.5. The molecule has 0 rings (SSSR count). The molecule has 2 unspecified atom stereocenters. The lowest BCUT2D eigenvalue weighted by molar-refractivity contribution is -0.126. The molecule has 0 bridgehead atoms. The summed E-state index contributed by atoms with van der Waals surface area (Å²) >= 11 is 0. The predicted molar refractivity (Wildman–Crippen MR) is 70.7 cm³/mol. The van der Waals surface area contributed by atoms with E-state index in [1.807, 2.05) is 13.8 Å². The number of carbonyl (C=O) groups is 1. The highest BCUT2D eigenvalue weighted by molar-refractivity contribution is 5.78. The molecule has 0 saturated carbocycles. The molecule has 0 fully saturated rings. The molecule has 102 valence electrons. The molecule has 0 aromatic heterocycles. The second-order valence-electron chi connectivity index (χ2n) is 4.85. The van der Waals surface area contributed by atoms with Crippen molar-refractivity contribution in [2.24, 2.45) is 17.6 Å². The minimum Gasteiger partial charge on any atom is -0.380 e. The molecule has 4 heteroatoms. The van der Waals surface area contributed by atoms with Gasteiger partial charge in [0, 0.05) is 12.5 Å². The minimum atomic E-state index is 0.0291. The molecule has 0 aliphatic heterocycles. The van der Waals surface area contributed by atoms with Crippen molar-refractivity contribution in [3.63, 3.8) is 0 Å². The van der Waals surface area contributed by atoms with Crippen molar-refractivity contribution < 1.29 is 9.53 Å². The van der Waals surface area contributed by atoms with Gasteiger partial charge in [-0.05, 0) is 32.2 Å². The Kier molecular flexibility index (Phi) is 9.09. The van der Waals surface area contributed by atoms with E-state index >= 15 is 0 Å². The first kappa shape index (κ1) is 16.4. The van der Waals surface area contributed by atoms with Gasteiger partial charge >= 0.3 is 0 Å². The van der Waals surface area contributed by atoms with E-state index in [1.165, 1.54) is 0 Å². The summed E-state index contributed by atoms with van der Waals surface area (Å²) in [4.78, 5) is 11.9. The van der Waals surface area contributed by atoms with E-state index in [9.17, 15) is 4.79 Å². The first-order chi connectivity index (χ1) is 8.02. The fourth-order valence-corrected chi connectivity index (χ4v) is 1.53. The van der Waals surface area contributed by atoms with E-state index in [4.69, 9.17) is 10.5 Å². The lowest BCUT2D eigenvalue weighted by atomic mass is 10.0.